The lowest BCUT2D eigenvalue weighted by Crippen LogP contribution is -2.15. The van der Waals surface area contributed by atoms with Crippen molar-refractivity contribution in [3.8, 4) is 11.4 Å². The zero-order valence-corrected chi connectivity index (χ0v) is 15.1. The summed E-state index contributed by atoms with van der Waals surface area (Å²) in [4.78, 5) is 12.2. The molecule has 0 bridgehead atoms. The largest absolute Gasteiger partial charge is 0.497 e. The van der Waals surface area contributed by atoms with Gasteiger partial charge in [-0.3, -0.25) is 9.36 Å². The fraction of sp³-hybridized carbons (Fsp3) is 0.167. The molecule has 1 amide bonds. The van der Waals surface area contributed by atoms with Gasteiger partial charge in [-0.2, -0.15) is 0 Å². The highest BCUT2D eigenvalue weighted by Crippen LogP contribution is 2.22. The van der Waals surface area contributed by atoms with Crippen LogP contribution in [0.5, 0.6) is 5.75 Å². The fourth-order valence-electron chi connectivity index (χ4n) is 2.29. The van der Waals surface area contributed by atoms with E-state index in [2.05, 4.69) is 15.5 Å². The monoisotopic (exact) mass is 372 g/mol. The maximum absolute atomic E-state index is 13.3. The number of carbonyl (C=O) groups is 1. The number of carbonyl (C=O) groups excluding carboxylic acids is 1. The molecule has 6 nitrogen and oxygen atoms in total. The van der Waals surface area contributed by atoms with Crippen LogP contribution >= 0.6 is 11.8 Å². The number of nitrogens with zero attached hydrogens (tertiary/aromatic N) is 3. The number of anilines is 1. The molecule has 1 aromatic heterocycles. The van der Waals surface area contributed by atoms with Crippen LogP contribution in [0.25, 0.3) is 5.69 Å². The van der Waals surface area contributed by atoms with Crippen LogP contribution in [0.1, 0.15) is 5.56 Å². The van der Waals surface area contributed by atoms with Crippen molar-refractivity contribution in [2.75, 3.05) is 18.2 Å². The SMILES string of the molecule is COc1ccc(-n2cnnc2SCC(=O)Nc2cc(F)ccc2C)cc1. The summed E-state index contributed by atoms with van der Waals surface area (Å²) in [5.41, 5.74) is 2.12. The Morgan fingerprint density at radius 2 is 2.04 bits per heavy atom. The molecule has 134 valence electrons. The first-order chi connectivity index (χ1) is 12.6. The van der Waals surface area contributed by atoms with Crippen LogP contribution < -0.4 is 10.1 Å². The van der Waals surface area contributed by atoms with E-state index in [1.54, 1.807) is 24.1 Å². The van der Waals surface area contributed by atoms with Gasteiger partial charge >= 0.3 is 0 Å². The zero-order valence-electron chi connectivity index (χ0n) is 14.3. The molecule has 0 saturated carbocycles. The smallest absolute Gasteiger partial charge is 0.234 e. The van der Waals surface area contributed by atoms with E-state index in [1.807, 2.05) is 31.2 Å². The molecule has 3 rings (SSSR count). The lowest BCUT2D eigenvalue weighted by molar-refractivity contribution is -0.113. The number of amides is 1. The average molecular weight is 372 g/mol. The molecule has 0 radical (unpaired) electrons. The highest BCUT2D eigenvalue weighted by molar-refractivity contribution is 7.99. The second kappa shape index (κ2) is 8.01. The highest BCUT2D eigenvalue weighted by Gasteiger charge is 2.11. The number of methoxy groups -OCH3 is 1. The number of halogens is 1. The van der Waals surface area contributed by atoms with Crippen LogP contribution in [0.3, 0.4) is 0 Å². The lowest BCUT2D eigenvalue weighted by Gasteiger charge is -2.09. The molecule has 1 heterocycles. The van der Waals surface area contributed by atoms with Gasteiger partial charge in [0, 0.05) is 11.4 Å². The van der Waals surface area contributed by atoms with E-state index in [-0.39, 0.29) is 11.7 Å². The van der Waals surface area contributed by atoms with E-state index in [4.69, 9.17) is 4.74 Å². The Kier molecular flexibility index (Phi) is 5.52. The molecule has 2 aromatic carbocycles. The van der Waals surface area contributed by atoms with Gasteiger partial charge in [0.05, 0.1) is 12.9 Å². The van der Waals surface area contributed by atoms with Gasteiger partial charge < -0.3 is 10.1 Å². The number of thioether (sulfide) groups is 1. The van der Waals surface area contributed by atoms with Gasteiger partial charge in [0.15, 0.2) is 5.16 Å². The summed E-state index contributed by atoms with van der Waals surface area (Å²) in [5.74, 6) is 0.247. The summed E-state index contributed by atoms with van der Waals surface area (Å²) >= 11 is 1.25. The molecular formula is C18H17FN4O2S. The molecule has 0 atom stereocenters. The van der Waals surface area contributed by atoms with Gasteiger partial charge in [0.25, 0.3) is 0 Å². The number of hydrogen-bond donors (Lipinski definition) is 1. The number of rotatable bonds is 6. The Bertz CT molecular complexity index is 912. The van der Waals surface area contributed by atoms with Crippen LogP contribution in [0, 0.1) is 12.7 Å². The van der Waals surface area contributed by atoms with Crippen molar-refractivity contribution in [2.24, 2.45) is 0 Å². The highest BCUT2D eigenvalue weighted by atomic mass is 32.2. The third kappa shape index (κ3) is 4.20. The summed E-state index contributed by atoms with van der Waals surface area (Å²) in [6.45, 7) is 1.81. The van der Waals surface area contributed by atoms with E-state index < -0.39 is 5.82 Å². The Morgan fingerprint density at radius 3 is 2.77 bits per heavy atom. The Balaban J connectivity index is 1.66. The fourth-order valence-corrected chi connectivity index (χ4v) is 3.02. The van der Waals surface area contributed by atoms with Gasteiger partial charge in [-0.05, 0) is 48.9 Å². The second-order valence-electron chi connectivity index (χ2n) is 5.48. The van der Waals surface area contributed by atoms with E-state index in [0.29, 0.717) is 10.8 Å². The number of ether oxygens (including phenoxy) is 1. The van der Waals surface area contributed by atoms with Crippen LogP contribution in [-0.4, -0.2) is 33.5 Å². The van der Waals surface area contributed by atoms with Gasteiger partial charge in [0.2, 0.25) is 5.91 Å². The van der Waals surface area contributed by atoms with E-state index in [9.17, 15) is 9.18 Å². The van der Waals surface area contributed by atoms with Crippen LogP contribution in [0.15, 0.2) is 53.9 Å². The standard InChI is InChI=1S/C18H17FN4O2S/c1-12-3-4-13(19)9-16(12)21-17(24)10-26-18-22-20-11-23(18)14-5-7-15(25-2)8-6-14/h3-9,11H,10H2,1-2H3,(H,21,24). The van der Waals surface area contributed by atoms with Crippen molar-refractivity contribution in [1.29, 1.82) is 0 Å². The zero-order chi connectivity index (χ0) is 18.5. The van der Waals surface area contributed by atoms with Crippen molar-refractivity contribution < 1.29 is 13.9 Å². The maximum atomic E-state index is 13.3. The number of benzene rings is 2. The van der Waals surface area contributed by atoms with Crippen LogP contribution in [0.2, 0.25) is 0 Å². The third-order valence-corrected chi connectivity index (χ3v) is 4.62. The summed E-state index contributed by atoms with van der Waals surface area (Å²) in [6, 6.07) is 11.7. The molecule has 0 saturated heterocycles. The van der Waals surface area contributed by atoms with E-state index in [1.165, 1.54) is 23.9 Å². The van der Waals surface area contributed by atoms with Gasteiger partial charge in [-0.25, -0.2) is 4.39 Å². The molecule has 0 aliphatic rings. The van der Waals surface area contributed by atoms with Crippen molar-refractivity contribution in [2.45, 2.75) is 12.1 Å². The molecule has 0 fully saturated rings. The summed E-state index contributed by atoms with van der Waals surface area (Å²) in [5, 5.41) is 11.3. The third-order valence-electron chi connectivity index (χ3n) is 3.67. The molecule has 0 unspecified atom stereocenters. The minimum atomic E-state index is -0.391. The lowest BCUT2D eigenvalue weighted by atomic mass is 10.2. The minimum absolute atomic E-state index is 0.130. The van der Waals surface area contributed by atoms with Crippen LogP contribution in [-0.2, 0) is 4.79 Å². The predicted molar refractivity (Wildman–Crippen MR) is 98.4 cm³/mol. The summed E-state index contributed by atoms with van der Waals surface area (Å²) < 4.78 is 20.2. The number of hydrogen-bond acceptors (Lipinski definition) is 5. The first kappa shape index (κ1) is 17.9. The minimum Gasteiger partial charge on any atom is -0.497 e. The molecular weight excluding hydrogens is 355 g/mol. The second-order valence-corrected chi connectivity index (χ2v) is 6.42. The number of aryl methyl sites for hydroxylation is 1. The average Bonchev–Trinajstić information content (AvgIpc) is 3.12. The topological polar surface area (TPSA) is 69.0 Å². The quantitative estimate of drug-likeness (QED) is 0.671. The predicted octanol–water partition coefficient (Wildman–Crippen LogP) is 3.45. The van der Waals surface area contributed by atoms with Gasteiger partial charge in [0.1, 0.15) is 17.9 Å². The molecule has 0 spiro atoms. The van der Waals surface area contributed by atoms with Gasteiger partial charge in [-0.1, -0.05) is 17.8 Å². The van der Waals surface area contributed by atoms with Crippen molar-refractivity contribution in [3.05, 3.63) is 60.2 Å². The van der Waals surface area contributed by atoms with E-state index >= 15 is 0 Å². The molecule has 26 heavy (non-hydrogen) atoms. The molecule has 8 heteroatoms. The number of nitrogens with one attached hydrogen (secondary N) is 1. The van der Waals surface area contributed by atoms with Crippen molar-refractivity contribution >= 4 is 23.4 Å². The molecule has 0 aliphatic heterocycles. The summed E-state index contributed by atoms with van der Waals surface area (Å²) in [7, 11) is 1.61. The number of aromatic nitrogens is 3. The van der Waals surface area contributed by atoms with Crippen molar-refractivity contribution in [1.82, 2.24) is 14.8 Å². The molecule has 0 aliphatic carbocycles. The Labute approximate surface area is 154 Å². The molecule has 3 aromatic rings. The van der Waals surface area contributed by atoms with Gasteiger partial charge in [-0.15, -0.1) is 10.2 Å². The first-order valence-corrected chi connectivity index (χ1v) is 8.78. The summed E-state index contributed by atoms with van der Waals surface area (Å²) in [6.07, 6.45) is 1.58. The first-order valence-electron chi connectivity index (χ1n) is 7.80. The normalized spacial score (nSPS) is 10.6. The maximum Gasteiger partial charge on any atom is 0.234 e. The Hall–Kier alpha value is -2.87. The Morgan fingerprint density at radius 1 is 1.27 bits per heavy atom. The molecule has 1 N–H and O–H groups in total. The van der Waals surface area contributed by atoms with Crippen LogP contribution in [0.4, 0.5) is 10.1 Å². The van der Waals surface area contributed by atoms with Crippen molar-refractivity contribution in [3.63, 3.8) is 0 Å². The van der Waals surface area contributed by atoms with E-state index in [0.717, 1.165) is 17.0 Å².